The standard InChI is InChI=1S/C18H24O4/c1-6-13-7-9-14(10-8-13)11-15(20)18(12(2)19,16(21)22)17(3,4)5/h7-10H,6,11H2,1-5H3,(H,21,22). The molecule has 0 saturated heterocycles. The summed E-state index contributed by atoms with van der Waals surface area (Å²) in [6.45, 7) is 8.05. The van der Waals surface area contributed by atoms with Gasteiger partial charge in [-0.2, -0.15) is 0 Å². The molecule has 0 saturated carbocycles. The second-order valence-corrected chi connectivity index (χ2v) is 6.63. The van der Waals surface area contributed by atoms with E-state index in [0.29, 0.717) is 0 Å². The zero-order chi connectivity index (χ0) is 17.1. The van der Waals surface area contributed by atoms with E-state index in [2.05, 4.69) is 0 Å². The Labute approximate surface area is 131 Å². The second kappa shape index (κ2) is 6.42. The SMILES string of the molecule is CCc1ccc(CC(=O)C(C(C)=O)(C(=O)O)C(C)(C)C)cc1. The van der Waals surface area contributed by atoms with E-state index < -0.39 is 28.4 Å². The molecule has 1 aromatic rings. The number of carboxylic acid groups (broad SMARTS) is 1. The molecule has 1 unspecified atom stereocenters. The number of carbonyl (C=O) groups is 3. The number of carbonyl (C=O) groups excluding carboxylic acids is 2. The molecule has 0 bridgehead atoms. The largest absolute Gasteiger partial charge is 0.480 e. The van der Waals surface area contributed by atoms with Gasteiger partial charge in [-0.15, -0.1) is 0 Å². The monoisotopic (exact) mass is 304 g/mol. The van der Waals surface area contributed by atoms with E-state index in [1.807, 2.05) is 31.2 Å². The third-order valence-corrected chi connectivity index (χ3v) is 4.19. The molecular weight excluding hydrogens is 280 g/mol. The van der Waals surface area contributed by atoms with Crippen LogP contribution >= 0.6 is 0 Å². The van der Waals surface area contributed by atoms with Crippen LogP contribution in [0, 0.1) is 10.8 Å². The molecule has 0 amide bonds. The van der Waals surface area contributed by atoms with Crippen molar-refractivity contribution in [3.8, 4) is 0 Å². The van der Waals surface area contributed by atoms with Gasteiger partial charge in [-0.25, -0.2) is 0 Å². The molecule has 0 fully saturated rings. The molecule has 22 heavy (non-hydrogen) atoms. The summed E-state index contributed by atoms with van der Waals surface area (Å²) >= 11 is 0. The minimum atomic E-state index is -2.02. The van der Waals surface area contributed by atoms with Crippen LogP contribution in [0.2, 0.25) is 0 Å². The van der Waals surface area contributed by atoms with Crippen molar-refractivity contribution >= 4 is 17.5 Å². The van der Waals surface area contributed by atoms with E-state index in [1.54, 1.807) is 20.8 Å². The summed E-state index contributed by atoms with van der Waals surface area (Å²) in [5.41, 5.74) is -1.15. The van der Waals surface area contributed by atoms with Crippen molar-refractivity contribution in [3.05, 3.63) is 35.4 Å². The van der Waals surface area contributed by atoms with Gasteiger partial charge in [0.15, 0.2) is 17.0 Å². The second-order valence-electron chi connectivity index (χ2n) is 6.63. The lowest BCUT2D eigenvalue weighted by atomic mass is 9.61. The summed E-state index contributed by atoms with van der Waals surface area (Å²) in [4.78, 5) is 36.6. The van der Waals surface area contributed by atoms with Gasteiger partial charge in [-0.1, -0.05) is 52.0 Å². The highest BCUT2D eigenvalue weighted by Gasteiger charge is 2.58. The third kappa shape index (κ3) is 3.11. The third-order valence-electron chi connectivity index (χ3n) is 4.19. The predicted molar refractivity (Wildman–Crippen MR) is 84.7 cm³/mol. The summed E-state index contributed by atoms with van der Waals surface area (Å²) in [6.07, 6.45) is 0.829. The topological polar surface area (TPSA) is 71.4 Å². The lowest BCUT2D eigenvalue weighted by molar-refractivity contribution is -0.167. The van der Waals surface area contributed by atoms with E-state index in [-0.39, 0.29) is 6.42 Å². The van der Waals surface area contributed by atoms with Gasteiger partial charge in [0.1, 0.15) is 0 Å². The maximum atomic E-state index is 12.7. The van der Waals surface area contributed by atoms with Gasteiger partial charge in [-0.3, -0.25) is 14.4 Å². The average molecular weight is 304 g/mol. The normalized spacial score (nSPS) is 14.2. The first-order valence-electron chi connectivity index (χ1n) is 7.43. The summed E-state index contributed by atoms with van der Waals surface area (Å²) in [5.74, 6) is -2.56. The molecule has 1 rings (SSSR count). The molecule has 0 aliphatic heterocycles. The minimum Gasteiger partial charge on any atom is -0.480 e. The van der Waals surface area contributed by atoms with Crippen LogP contribution in [0.3, 0.4) is 0 Å². The predicted octanol–water partition coefficient (Wildman–Crippen LogP) is 3.07. The molecule has 0 heterocycles. The van der Waals surface area contributed by atoms with Crippen LogP contribution in [-0.2, 0) is 27.2 Å². The van der Waals surface area contributed by atoms with Crippen molar-refractivity contribution in [2.24, 2.45) is 10.8 Å². The molecular formula is C18H24O4. The number of ketones is 2. The number of Topliss-reactive ketones (excluding diaryl/α,β-unsaturated/α-hetero) is 2. The Morgan fingerprint density at radius 1 is 1.00 bits per heavy atom. The smallest absolute Gasteiger partial charge is 0.325 e. The van der Waals surface area contributed by atoms with Crippen LogP contribution in [0.5, 0.6) is 0 Å². The number of aliphatic carboxylic acids is 1. The Balaban J connectivity index is 3.23. The summed E-state index contributed by atoms with van der Waals surface area (Å²) in [6, 6.07) is 7.45. The van der Waals surface area contributed by atoms with Gasteiger partial charge >= 0.3 is 5.97 Å². The molecule has 0 aliphatic carbocycles. The summed E-state index contributed by atoms with van der Waals surface area (Å²) < 4.78 is 0. The molecule has 120 valence electrons. The maximum Gasteiger partial charge on any atom is 0.325 e. The van der Waals surface area contributed by atoms with Crippen LogP contribution in [0.25, 0.3) is 0 Å². The fraction of sp³-hybridized carbons (Fsp3) is 0.500. The van der Waals surface area contributed by atoms with Crippen LogP contribution in [0.4, 0.5) is 0 Å². The van der Waals surface area contributed by atoms with Gasteiger partial charge < -0.3 is 5.11 Å². The Hall–Kier alpha value is -1.97. The Bertz CT molecular complexity index is 562. The molecule has 1 N–H and O–H groups in total. The number of benzene rings is 1. The molecule has 0 radical (unpaired) electrons. The first kappa shape index (κ1) is 18.1. The van der Waals surface area contributed by atoms with Crippen molar-refractivity contribution in [3.63, 3.8) is 0 Å². The van der Waals surface area contributed by atoms with E-state index >= 15 is 0 Å². The quantitative estimate of drug-likeness (QED) is 0.820. The van der Waals surface area contributed by atoms with Crippen molar-refractivity contribution in [1.82, 2.24) is 0 Å². The zero-order valence-electron chi connectivity index (χ0n) is 13.9. The maximum absolute atomic E-state index is 12.7. The molecule has 0 aromatic heterocycles. The molecule has 1 atom stereocenters. The van der Waals surface area contributed by atoms with Crippen molar-refractivity contribution in [2.75, 3.05) is 0 Å². The number of hydrogen-bond donors (Lipinski definition) is 1. The molecule has 0 spiro atoms. The zero-order valence-corrected chi connectivity index (χ0v) is 13.9. The van der Waals surface area contributed by atoms with Crippen LogP contribution < -0.4 is 0 Å². The average Bonchev–Trinajstić information content (AvgIpc) is 2.37. The van der Waals surface area contributed by atoms with Crippen molar-refractivity contribution in [1.29, 1.82) is 0 Å². The molecule has 4 nitrogen and oxygen atoms in total. The van der Waals surface area contributed by atoms with Gasteiger partial charge in [-0.05, 0) is 29.9 Å². The number of hydrogen-bond acceptors (Lipinski definition) is 3. The molecule has 0 aliphatic rings. The highest BCUT2D eigenvalue weighted by atomic mass is 16.4. The fourth-order valence-corrected chi connectivity index (χ4v) is 2.94. The number of carboxylic acids is 1. The number of rotatable bonds is 6. The van der Waals surface area contributed by atoms with E-state index in [4.69, 9.17) is 0 Å². The van der Waals surface area contributed by atoms with Crippen LogP contribution in [0.1, 0.15) is 45.7 Å². The van der Waals surface area contributed by atoms with E-state index in [9.17, 15) is 19.5 Å². The Morgan fingerprint density at radius 3 is 1.77 bits per heavy atom. The minimum absolute atomic E-state index is 0.0624. The highest BCUT2D eigenvalue weighted by Crippen LogP contribution is 2.41. The number of aryl methyl sites for hydroxylation is 1. The Kier molecular flexibility index (Phi) is 5.28. The highest BCUT2D eigenvalue weighted by molar-refractivity contribution is 6.22. The van der Waals surface area contributed by atoms with Gasteiger partial charge in [0.2, 0.25) is 0 Å². The van der Waals surface area contributed by atoms with Crippen molar-refractivity contribution < 1.29 is 19.5 Å². The first-order chi connectivity index (χ1) is 10.1. The summed E-state index contributed by atoms with van der Waals surface area (Å²) in [7, 11) is 0. The van der Waals surface area contributed by atoms with E-state index in [0.717, 1.165) is 17.5 Å². The van der Waals surface area contributed by atoms with Gasteiger partial charge in [0, 0.05) is 6.42 Å². The molecule has 1 aromatic carbocycles. The lowest BCUT2D eigenvalue weighted by Gasteiger charge is -2.37. The lowest BCUT2D eigenvalue weighted by Crippen LogP contribution is -2.55. The van der Waals surface area contributed by atoms with Gasteiger partial charge in [0.05, 0.1) is 0 Å². The molecule has 4 heteroatoms. The van der Waals surface area contributed by atoms with Crippen LogP contribution in [-0.4, -0.2) is 22.6 Å². The van der Waals surface area contributed by atoms with Gasteiger partial charge in [0.25, 0.3) is 0 Å². The van der Waals surface area contributed by atoms with Crippen LogP contribution in [0.15, 0.2) is 24.3 Å². The van der Waals surface area contributed by atoms with E-state index in [1.165, 1.54) is 6.92 Å². The first-order valence-corrected chi connectivity index (χ1v) is 7.43. The summed E-state index contributed by atoms with van der Waals surface area (Å²) in [5, 5.41) is 9.62. The Morgan fingerprint density at radius 2 is 1.45 bits per heavy atom. The van der Waals surface area contributed by atoms with Crippen molar-refractivity contribution in [2.45, 2.75) is 47.5 Å². The fourth-order valence-electron chi connectivity index (χ4n) is 2.94.